The van der Waals surface area contributed by atoms with Crippen LogP contribution in [0.4, 0.5) is 0 Å². The summed E-state index contributed by atoms with van der Waals surface area (Å²) in [5.74, 6) is -2.23. The van der Waals surface area contributed by atoms with Crippen molar-refractivity contribution >= 4 is 11.9 Å². The zero-order valence-corrected chi connectivity index (χ0v) is 11.3. The number of carbonyl (C=O) groups is 2. The summed E-state index contributed by atoms with van der Waals surface area (Å²) in [6.45, 7) is 0.502. The van der Waals surface area contributed by atoms with Crippen molar-refractivity contribution < 1.29 is 29.6 Å². The van der Waals surface area contributed by atoms with Crippen molar-refractivity contribution in [3.63, 3.8) is 0 Å². The molecule has 0 saturated carbocycles. The van der Waals surface area contributed by atoms with E-state index in [4.69, 9.17) is 4.74 Å². The Morgan fingerprint density at radius 3 is 2.67 bits per heavy atom. The van der Waals surface area contributed by atoms with E-state index in [1.807, 2.05) is 0 Å². The number of aliphatic carboxylic acids is 1. The molecular formula is C14H17NO6. The second-order valence-corrected chi connectivity index (χ2v) is 4.93. The molecule has 0 aliphatic carbocycles. The molecule has 7 heteroatoms. The number of ether oxygens (including phenoxy) is 1. The highest BCUT2D eigenvalue weighted by atomic mass is 16.5. The highest BCUT2D eigenvalue weighted by molar-refractivity contribution is 5.86. The molecule has 21 heavy (non-hydrogen) atoms. The van der Waals surface area contributed by atoms with Gasteiger partial charge in [0.15, 0.2) is 11.5 Å². The number of benzene rings is 1. The fourth-order valence-electron chi connectivity index (χ4n) is 2.18. The van der Waals surface area contributed by atoms with Crippen molar-refractivity contribution in [3.8, 4) is 11.5 Å². The maximum atomic E-state index is 11.9. The summed E-state index contributed by atoms with van der Waals surface area (Å²) in [7, 11) is 0. The monoisotopic (exact) mass is 295 g/mol. The molecule has 1 fully saturated rings. The van der Waals surface area contributed by atoms with Gasteiger partial charge in [0.1, 0.15) is 12.1 Å². The molecule has 1 unspecified atom stereocenters. The van der Waals surface area contributed by atoms with Crippen LogP contribution in [0, 0.1) is 0 Å². The van der Waals surface area contributed by atoms with Crippen molar-refractivity contribution in [3.05, 3.63) is 23.8 Å². The molecule has 0 bridgehead atoms. The second-order valence-electron chi connectivity index (χ2n) is 4.93. The summed E-state index contributed by atoms with van der Waals surface area (Å²) in [5, 5.41) is 30.2. The minimum Gasteiger partial charge on any atom is -0.504 e. The summed E-state index contributed by atoms with van der Waals surface area (Å²) in [6.07, 6.45) is 0.765. The van der Waals surface area contributed by atoms with E-state index in [1.165, 1.54) is 18.2 Å². The lowest BCUT2D eigenvalue weighted by Crippen LogP contribution is -2.46. The van der Waals surface area contributed by atoms with E-state index in [-0.39, 0.29) is 17.9 Å². The Morgan fingerprint density at radius 1 is 1.33 bits per heavy atom. The van der Waals surface area contributed by atoms with Crippen LogP contribution in [-0.4, -0.2) is 45.9 Å². The number of carboxylic acids is 1. The van der Waals surface area contributed by atoms with Gasteiger partial charge < -0.3 is 25.4 Å². The molecule has 2 rings (SSSR count). The Balaban J connectivity index is 2.03. The Morgan fingerprint density at radius 2 is 2.10 bits per heavy atom. The molecule has 7 nitrogen and oxygen atoms in total. The quantitative estimate of drug-likeness (QED) is 0.584. The van der Waals surface area contributed by atoms with Gasteiger partial charge in [-0.2, -0.15) is 0 Å². The largest absolute Gasteiger partial charge is 0.504 e. The van der Waals surface area contributed by atoms with Gasteiger partial charge in [0.05, 0.1) is 0 Å². The third kappa shape index (κ3) is 3.85. The Labute approximate surface area is 121 Å². The first kappa shape index (κ1) is 15.1. The fourth-order valence-corrected chi connectivity index (χ4v) is 2.18. The van der Waals surface area contributed by atoms with Crippen molar-refractivity contribution in [1.82, 2.24) is 5.32 Å². The van der Waals surface area contributed by atoms with Crippen LogP contribution in [0.5, 0.6) is 11.5 Å². The lowest BCUT2D eigenvalue weighted by Gasteiger charge is -2.17. The van der Waals surface area contributed by atoms with Crippen LogP contribution in [0.25, 0.3) is 0 Å². The van der Waals surface area contributed by atoms with E-state index >= 15 is 0 Å². The summed E-state index contributed by atoms with van der Waals surface area (Å²) in [4.78, 5) is 23.1. The van der Waals surface area contributed by atoms with Crippen LogP contribution in [0.1, 0.15) is 18.4 Å². The minimum absolute atomic E-state index is 0.00162. The highest BCUT2D eigenvalue weighted by Gasteiger charge is 2.28. The van der Waals surface area contributed by atoms with Crippen LogP contribution in [0.3, 0.4) is 0 Å². The van der Waals surface area contributed by atoms with Crippen molar-refractivity contribution in [2.75, 3.05) is 6.61 Å². The minimum atomic E-state index is -1.17. The zero-order valence-electron chi connectivity index (χ0n) is 11.3. The van der Waals surface area contributed by atoms with Gasteiger partial charge in [0, 0.05) is 13.0 Å². The van der Waals surface area contributed by atoms with Crippen LogP contribution < -0.4 is 5.32 Å². The molecule has 1 aliphatic heterocycles. The van der Waals surface area contributed by atoms with Gasteiger partial charge in [0.2, 0.25) is 5.91 Å². The number of phenols is 2. The van der Waals surface area contributed by atoms with E-state index in [0.717, 1.165) is 6.42 Å². The maximum absolute atomic E-state index is 11.9. The number of rotatable bonds is 5. The molecule has 1 saturated heterocycles. The van der Waals surface area contributed by atoms with Crippen molar-refractivity contribution in [2.24, 2.45) is 0 Å². The van der Waals surface area contributed by atoms with E-state index in [0.29, 0.717) is 18.6 Å². The van der Waals surface area contributed by atoms with E-state index in [1.54, 1.807) is 0 Å². The van der Waals surface area contributed by atoms with Crippen LogP contribution in [0.15, 0.2) is 18.2 Å². The Kier molecular flexibility index (Phi) is 4.64. The highest BCUT2D eigenvalue weighted by Crippen LogP contribution is 2.25. The van der Waals surface area contributed by atoms with Crippen LogP contribution >= 0.6 is 0 Å². The molecule has 1 aliphatic rings. The number of aromatic hydroxyl groups is 2. The SMILES string of the molecule is O=C(O)C(Cc1ccc(O)c(O)c1)NC(=O)[C@@H]1CCCO1. The molecule has 1 heterocycles. The van der Waals surface area contributed by atoms with E-state index in [9.17, 15) is 24.9 Å². The number of amides is 1. The van der Waals surface area contributed by atoms with E-state index < -0.39 is 24.0 Å². The number of phenolic OH excluding ortho intramolecular Hbond substituents is 2. The lowest BCUT2D eigenvalue weighted by atomic mass is 10.0. The lowest BCUT2D eigenvalue weighted by molar-refractivity contribution is -0.143. The normalized spacial score (nSPS) is 19.1. The van der Waals surface area contributed by atoms with Gasteiger partial charge in [-0.15, -0.1) is 0 Å². The van der Waals surface area contributed by atoms with Gasteiger partial charge in [-0.1, -0.05) is 6.07 Å². The van der Waals surface area contributed by atoms with Gasteiger partial charge in [-0.25, -0.2) is 4.79 Å². The van der Waals surface area contributed by atoms with Crippen LogP contribution in [-0.2, 0) is 20.7 Å². The third-order valence-corrected chi connectivity index (χ3v) is 3.32. The van der Waals surface area contributed by atoms with Crippen molar-refractivity contribution in [2.45, 2.75) is 31.4 Å². The summed E-state index contributed by atoms with van der Waals surface area (Å²) in [5.41, 5.74) is 0.491. The molecule has 1 aromatic rings. The topological polar surface area (TPSA) is 116 Å². The molecule has 0 aromatic heterocycles. The predicted molar refractivity (Wildman–Crippen MR) is 72.0 cm³/mol. The molecule has 114 valence electrons. The molecule has 1 amide bonds. The molecule has 0 spiro atoms. The summed E-state index contributed by atoms with van der Waals surface area (Å²) >= 11 is 0. The average Bonchev–Trinajstić information content (AvgIpc) is 2.96. The second kappa shape index (κ2) is 6.45. The van der Waals surface area contributed by atoms with E-state index in [2.05, 4.69) is 5.32 Å². The molecule has 2 atom stereocenters. The maximum Gasteiger partial charge on any atom is 0.326 e. The van der Waals surface area contributed by atoms with Gasteiger partial charge in [-0.3, -0.25) is 4.79 Å². The first-order valence-electron chi connectivity index (χ1n) is 6.63. The Hall–Kier alpha value is -2.28. The van der Waals surface area contributed by atoms with Crippen LogP contribution in [0.2, 0.25) is 0 Å². The summed E-state index contributed by atoms with van der Waals surface area (Å²) in [6, 6.07) is 2.91. The average molecular weight is 295 g/mol. The molecular weight excluding hydrogens is 278 g/mol. The number of hydrogen-bond donors (Lipinski definition) is 4. The smallest absolute Gasteiger partial charge is 0.326 e. The third-order valence-electron chi connectivity index (χ3n) is 3.32. The summed E-state index contributed by atoms with van der Waals surface area (Å²) < 4.78 is 5.20. The number of carboxylic acid groups (broad SMARTS) is 1. The zero-order chi connectivity index (χ0) is 15.4. The molecule has 0 radical (unpaired) electrons. The van der Waals surface area contributed by atoms with Gasteiger partial charge >= 0.3 is 5.97 Å². The van der Waals surface area contributed by atoms with Gasteiger partial charge in [-0.05, 0) is 30.5 Å². The first-order valence-corrected chi connectivity index (χ1v) is 6.63. The van der Waals surface area contributed by atoms with Crippen molar-refractivity contribution in [1.29, 1.82) is 0 Å². The standard InChI is InChI=1S/C14H17NO6/c16-10-4-3-8(7-11(10)17)6-9(14(19)20)15-13(18)12-2-1-5-21-12/h3-4,7,9,12,16-17H,1-2,5-6H2,(H,15,18)(H,19,20)/t9?,12-/m0/s1. The predicted octanol–water partition coefficient (Wildman–Crippen LogP) is 0.389. The first-order chi connectivity index (χ1) is 9.97. The number of carbonyl (C=O) groups excluding carboxylic acids is 1. The number of nitrogens with one attached hydrogen (secondary N) is 1. The molecule has 1 aromatic carbocycles. The fraction of sp³-hybridized carbons (Fsp3) is 0.429. The Bertz CT molecular complexity index is 538. The molecule has 4 N–H and O–H groups in total. The van der Waals surface area contributed by atoms with Gasteiger partial charge in [0.25, 0.3) is 0 Å². The number of hydrogen-bond acceptors (Lipinski definition) is 5.